The minimum Gasteiger partial charge on any atom is -0.383 e. The summed E-state index contributed by atoms with van der Waals surface area (Å²) in [6.07, 6.45) is 0.813. The summed E-state index contributed by atoms with van der Waals surface area (Å²) >= 11 is 0. The number of carbonyl (C=O) groups is 1. The van der Waals surface area contributed by atoms with Crippen LogP contribution in [0.1, 0.15) is 16.7 Å². The van der Waals surface area contributed by atoms with Crippen LogP contribution in [-0.2, 0) is 16.0 Å². The van der Waals surface area contributed by atoms with Gasteiger partial charge in [-0.1, -0.05) is 29.3 Å². The Morgan fingerprint density at radius 1 is 1.32 bits per heavy atom. The van der Waals surface area contributed by atoms with Gasteiger partial charge in [0.1, 0.15) is 6.04 Å². The molecule has 0 aliphatic rings. The van der Waals surface area contributed by atoms with Crippen LogP contribution in [0.25, 0.3) is 0 Å². The second-order valence-corrected chi connectivity index (χ2v) is 4.60. The Hall–Kier alpha value is -1.10. The van der Waals surface area contributed by atoms with Gasteiger partial charge in [0.25, 0.3) is 0 Å². The fourth-order valence-electron chi connectivity index (χ4n) is 1.93. The van der Waals surface area contributed by atoms with Crippen molar-refractivity contribution in [2.24, 2.45) is 5.73 Å². The molecule has 1 rings (SSSR count). The number of ether oxygens (including phenoxy) is 1. The highest BCUT2D eigenvalue weighted by molar-refractivity contribution is 5.85. The quantitative estimate of drug-likeness (QED) is 0.830. The van der Waals surface area contributed by atoms with Gasteiger partial charge in [0.05, 0.1) is 6.61 Å². The van der Waals surface area contributed by atoms with Crippen LogP contribution in [0.15, 0.2) is 18.2 Å². The van der Waals surface area contributed by atoms with Crippen molar-refractivity contribution < 1.29 is 9.53 Å². The fourth-order valence-corrected chi connectivity index (χ4v) is 1.93. The molecule has 0 radical (unpaired) electrons. The number of hydrogen-bond donors (Lipinski definition) is 2. The molecule has 108 valence electrons. The summed E-state index contributed by atoms with van der Waals surface area (Å²) in [4.78, 5) is 11.5. The number of aryl methyl sites for hydroxylation is 2. The number of hydrogen-bond acceptors (Lipinski definition) is 3. The van der Waals surface area contributed by atoms with E-state index >= 15 is 0 Å². The van der Waals surface area contributed by atoms with E-state index in [1.54, 1.807) is 0 Å². The van der Waals surface area contributed by atoms with Gasteiger partial charge >= 0.3 is 0 Å². The first kappa shape index (κ1) is 17.9. The molecule has 0 heterocycles. The number of methoxy groups -OCH3 is 1. The van der Waals surface area contributed by atoms with Gasteiger partial charge in [0.15, 0.2) is 0 Å². The summed E-state index contributed by atoms with van der Waals surface area (Å²) in [5.41, 5.74) is 9.33. The van der Waals surface area contributed by atoms with Crippen molar-refractivity contribution in [3.05, 3.63) is 34.9 Å². The first-order valence-corrected chi connectivity index (χ1v) is 6.12. The van der Waals surface area contributed by atoms with Gasteiger partial charge in [-0.25, -0.2) is 0 Å². The molecule has 0 bridgehead atoms. The normalized spacial score (nSPS) is 11.6. The van der Waals surface area contributed by atoms with E-state index in [2.05, 4.69) is 37.4 Å². The lowest BCUT2D eigenvalue weighted by molar-refractivity contribution is -0.123. The SMILES string of the molecule is COCC(N)C(=O)NCCc1cc(C)cc(C)c1.Cl. The van der Waals surface area contributed by atoms with Crippen LogP contribution < -0.4 is 11.1 Å². The average molecular weight is 287 g/mol. The molecule has 1 aromatic carbocycles. The lowest BCUT2D eigenvalue weighted by Gasteiger charge is -2.11. The maximum absolute atomic E-state index is 11.5. The molecular weight excluding hydrogens is 264 g/mol. The van der Waals surface area contributed by atoms with Crippen LogP contribution in [0.2, 0.25) is 0 Å². The van der Waals surface area contributed by atoms with Gasteiger partial charge in [-0.2, -0.15) is 0 Å². The molecule has 4 nitrogen and oxygen atoms in total. The largest absolute Gasteiger partial charge is 0.383 e. The van der Waals surface area contributed by atoms with Crippen molar-refractivity contribution in [2.45, 2.75) is 26.3 Å². The fraction of sp³-hybridized carbons (Fsp3) is 0.500. The first-order chi connectivity index (χ1) is 8.52. The molecule has 3 N–H and O–H groups in total. The van der Waals surface area contributed by atoms with Crippen molar-refractivity contribution >= 4 is 18.3 Å². The number of carbonyl (C=O) groups excluding carboxylic acids is 1. The van der Waals surface area contributed by atoms with Crippen LogP contribution in [0.5, 0.6) is 0 Å². The molecule has 0 saturated heterocycles. The third-order valence-corrected chi connectivity index (χ3v) is 2.68. The molecule has 0 aromatic heterocycles. The van der Waals surface area contributed by atoms with Gasteiger partial charge < -0.3 is 15.8 Å². The van der Waals surface area contributed by atoms with Crippen molar-refractivity contribution in [1.82, 2.24) is 5.32 Å². The Bertz CT molecular complexity index is 390. The second kappa shape index (κ2) is 8.91. The molecule has 0 spiro atoms. The van der Waals surface area contributed by atoms with E-state index in [-0.39, 0.29) is 24.9 Å². The summed E-state index contributed by atoms with van der Waals surface area (Å²) in [7, 11) is 1.53. The molecule has 1 unspecified atom stereocenters. The number of rotatable bonds is 6. The molecule has 0 aliphatic heterocycles. The molecule has 0 saturated carbocycles. The van der Waals surface area contributed by atoms with Crippen molar-refractivity contribution in [3.8, 4) is 0 Å². The highest BCUT2D eigenvalue weighted by atomic mass is 35.5. The Morgan fingerprint density at radius 2 is 1.89 bits per heavy atom. The van der Waals surface area contributed by atoms with Crippen molar-refractivity contribution in [2.75, 3.05) is 20.3 Å². The van der Waals surface area contributed by atoms with Gasteiger partial charge in [0.2, 0.25) is 5.91 Å². The van der Waals surface area contributed by atoms with E-state index in [4.69, 9.17) is 10.5 Å². The van der Waals surface area contributed by atoms with Gasteiger partial charge in [-0.3, -0.25) is 4.79 Å². The number of nitrogens with one attached hydrogen (secondary N) is 1. The molecule has 1 amide bonds. The molecule has 19 heavy (non-hydrogen) atoms. The first-order valence-electron chi connectivity index (χ1n) is 6.12. The smallest absolute Gasteiger partial charge is 0.239 e. The van der Waals surface area contributed by atoms with Crippen molar-refractivity contribution in [1.29, 1.82) is 0 Å². The molecule has 0 aliphatic carbocycles. The van der Waals surface area contributed by atoms with Crippen LogP contribution in [0.4, 0.5) is 0 Å². The minimum atomic E-state index is -0.589. The molecular formula is C14H23ClN2O2. The summed E-state index contributed by atoms with van der Waals surface area (Å²) in [5, 5.41) is 2.81. The third kappa shape index (κ3) is 6.57. The molecule has 1 atom stereocenters. The predicted molar refractivity (Wildman–Crippen MR) is 79.7 cm³/mol. The lowest BCUT2D eigenvalue weighted by Crippen LogP contribution is -2.44. The van der Waals surface area contributed by atoms with Crippen LogP contribution in [0.3, 0.4) is 0 Å². The third-order valence-electron chi connectivity index (χ3n) is 2.68. The van der Waals surface area contributed by atoms with Crippen molar-refractivity contribution in [3.63, 3.8) is 0 Å². The Labute approximate surface area is 121 Å². The van der Waals surface area contributed by atoms with E-state index in [1.807, 2.05) is 0 Å². The van der Waals surface area contributed by atoms with Crippen LogP contribution in [0, 0.1) is 13.8 Å². The Kier molecular flexibility index (Phi) is 8.39. The number of benzene rings is 1. The second-order valence-electron chi connectivity index (χ2n) is 4.60. The average Bonchev–Trinajstić information content (AvgIpc) is 2.27. The van der Waals surface area contributed by atoms with Crippen LogP contribution >= 0.6 is 12.4 Å². The molecule has 1 aromatic rings. The monoisotopic (exact) mass is 286 g/mol. The molecule has 0 fully saturated rings. The van der Waals surface area contributed by atoms with Crippen LogP contribution in [-0.4, -0.2) is 32.2 Å². The zero-order valence-electron chi connectivity index (χ0n) is 11.7. The standard InChI is InChI=1S/C14H22N2O2.ClH/c1-10-6-11(2)8-12(7-10)4-5-16-14(17)13(15)9-18-3;/h6-8,13H,4-5,9,15H2,1-3H3,(H,16,17);1H. The zero-order chi connectivity index (χ0) is 13.5. The summed E-state index contributed by atoms with van der Waals surface area (Å²) < 4.78 is 4.83. The summed E-state index contributed by atoms with van der Waals surface area (Å²) in [6.45, 7) is 4.99. The van der Waals surface area contributed by atoms with Gasteiger partial charge in [-0.05, 0) is 25.8 Å². The number of halogens is 1. The maximum atomic E-state index is 11.5. The topological polar surface area (TPSA) is 64.3 Å². The van der Waals surface area contributed by atoms with E-state index in [1.165, 1.54) is 23.8 Å². The van der Waals surface area contributed by atoms with E-state index in [9.17, 15) is 4.79 Å². The van der Waals surface area contributed by atoms with Gasteiger partial charge in [0, 0.05) is 13.7 Å². The van der Waals surface area contributed by atoms with E-state index < -0.39 is 6.04 Å². The Morgan fingerprint density at radius 3 is 2.42 bits per heavy atom. The van der Waals surface area contributed by atoms with E-state index in [0.29, 0.717) is 6.54 Å². The predicted octanol–water partition coefficient (Wildman–Crippen LogP) is 1.36. The number of amides is 1. The lowest BCUT2D eigenvalue weighted by atomic mass is 10.1. The van der Waals surface area contributed by atoms with E-state index in [0.717, 1.165) is 6.42 Å². The maximum Gasteiger partial charge on any atom is 0.239 e. The molecule has 5 heteroatoms. The highest BCUT2D eigenvalue weighted by Gasteiger charge is 2.11. The number of nitrogens with two attached hydrogens (primary N) is 1. The summed E-state index contributed by atoms with van der Waals surface area (Å²) in [5.74, 6) is -0.166. The van der Waals surface area contributed by atoms with Gasteiger partial charge in [-0.15, -0.1) is 12.4 Å². The highest BCUT2D eigenvalue weighted by Crippen LogP contribution is 2.08. The zero-order valence-corrected chi connectivity index (χ0v) is 12.5. The minimum absolute atomic E-state index is 0. The Balaban J connectivity index is 0.00000324. The summed E-state index contributed by atoms with van der Waals surface area (Å²) in [6, 6.07) is 5.81.